The third kappa shape index (κ3) is 21.9. The van der Waals surface area contributed by atoms with Crippen LogP contribution < -0.4 is 5.32 Å². The van der Waals surface area contributed by atoms with Crippen molar-refractivity contribution < 1.29 is 39.8 Å². The summed E-state index contributed by atoms with van der Waals surface area (Å²) in [5.41, 5.74) is 0. The molecule has 0 bridgehead atoms. The molecule has 0 radical (unpaired) electrons. The van der Waals surface area contributed by atoms with E-state index in [9.17, 15) is 30.3 Å². The molecule has 48 heavy (non-hydrogen) atoms. The van der Waals surface area contributed by atoms with Gasteiger partial charge in [0.2, 0.25) is 5.91 Å². The number of carbonyl (C=O) groups excluding carboxylic acids is 1. The van der Waals surface area contributed by atoms with Crippen LogP contribution in [0.3, 0.4) is 0 Å². The Bertz CT molecular complexity index is 766. The normalized spacial score (nSPS) is 22.7. The van der Waals surface area contributed by atoms with Crippen molar-refractivity contribution in [1.29, 1.82) is 0 Å². The SMILES string of the molecule is CCC/C=C\CCCCCCCC(=O)NC(COC1OC(CO)C(O)C(O)C1O)C(O)CCCCCCCCCCCCCCCCC. The molecule has 9 nitrogen and oxygen atoms in total. The number of aliphatic hydroxyl groups excluding tert-OH is 5. The molecule has 0 saturated carbocycles. The van der Waals surface area contributed by atoms with Crippen molar-refractivity contribution in [2.24, 2.45) is 0 Å². The Hall–Kier alpha value is -1.07. The standard InChI is InChI=1S/C39H75NO8/c1-3-5-7-9-11-13-15-16-17-18-19-20-22-24-26-28-33(42)32(31-47-39-38(46)37(45)36(44)34(30-41)48-39)40-35(43)29-27-25-23-21-14-12-10-8-6-4-2/h8,10,32-34,36-39,41-42,44-46H,3-7,9,11-31H2,1-2H3,(H,40,43)/b10-8-. The molecule has 1 aliphatic heterocycles. The van der Waals surface area contributed by atoms with Crippen molar-refractivity contribution in [3.05, 3.63) is 12.2 Å². The summed E-state index contributed by atoms with van der Waals surface area (Å²) in [5, 5.41) is 54.0. The molecule has 9 heteroatoms. The van der Waals surface area contributed by atoms with Gasteiger partial charge < -0.3 is 40.3 Å². The highest BCUT2D eigenvalue weighted by Crippen LogP contribution is 2.23. The number of aliphatic hydroxyl groups is 5. The first kappa shape index (κ1) is 45.0. The van der Waals surface area contributed by atoms with Crippen molar-refractivity contribution in [3.8, 4) is 0 Å². The molecule has 7 atom stereocenters. The maximum atomic E-state index is 12.8. The predicted molar refractivity (Wildman–Crippen MR) is 194 cm³/mol. The smallest absolute Gasteiger partial charge is 0.220 e. The highest BCUT2D eigenvalue weighted by Gasteiger charge is 2.44. The molecule has 6 N–H and O–H groups in total. The van der Waals surface area contributed by atoms with Gasteiger partial charge in [-0.05, 0) is 32.1 Å². The second-order valence-electron chi connectivity index (χ2n) is 14.1. The lowest BCUT2D eigenvalue weighted by Crippen LogP contribution is -2.60. The summed E-state index contributed by atoms with van der Waals surface area (Å²) in [5.74, 6) is -0.157. The van der Waals surface area contributed by atoms with E-state index < -0.39 is 49.5 Å². The van der Waals surface area contributed by atoms with Crippen LogP contribution in [0.1, 0.15) is 174 Å². The van der Waals surface area contributed by atoms with Crippen molar-refractivity contribution in [2.75, 3.05) is 13.2 Å². The van der Waals surface area contributed by atoms with Gasteiger partial charge in [0.25, 0.3) is 0 Å². The summed E-state index contributed by atoms with van der Waals surface area (Å²) < 4.78 is 11.2. The van der Waals surface area contributed by atoms with Crippen LogP contribution in [0.2, 0.25) is 0 Å². The second kappa shape index (κ2) is 30.7. The van der Waals surface area contributed by atoms with Crippen LogP contribution >= 0.6 is 0 Å². The zero-order valence-corrected chi connectivity index (χ0v) is 30.7. The van der Waals surface area contributed by atoms with Gasteiger partial charge >= 0.3 is 0 Å². The first-order valence-electron chi connectivity index (χ1n) is 19.9. The van der Waals surface area contributed by atoms with Crippen LogP contribution in [0.4, 0.5) is 0 Å². The van der Waals surface area contributed by atoms with Crippen LogP contribution in [-0.4, -0.2) is 87.5 Å². The summed E-state index contributed by atoms with van der Waals surface area (Å²) in [7, 11) is 0. The Morgan fingerprint density at radius 1 is 0.688 bits per heavy atom. The highest BCUT2D eigenvalue weighted by atomic mass is 16.7. The minimum Gasteiger partial charge on any atom is -0.394 e. The number of nitrogens with one attached hydrogen (secondary N) is 1. The second-order valence-corrected chi connectivity index (χ2v) is 14.1. The summed E-state index contributed by atoms with van der Waals surface area (Å²) in [6.07, 6.45) is 25.1. The maximum absolute atomic E-state index is 12.8. The highest BCUT2D eigenvalue weighted by molar-refractivity contribution is 5.76. The molecule has 0 aromatic rings. The van der Waals surface area contributed by atoms with Gasteiger partial charge in [0.15, 0.2) is 6.29 Å². The lowest BCUT2D eigenvalue weighted by atomic mass is 9.99. The Kier molecular flexibility index (Phi) is 28.8. The van der Waals surface area contributed by atoms with Gasteiger partial charge in [0, 0.05) is 6.42 Å². The van der Waals surface area contributed by atoms with Crippen molar-refractivity contribution in [2.45, 2.75) is 217 Å². The molecular weight excluding hydrogens is 610 g/mol. The van der Waals surface area contributed by atoms with Crippen LogP contribution in [-0.2, 0) is 14.3 Å². The minimum absolute atomic E-state index is 0.139. The molecule has 0 aromatic heterocycles. The molecule has 1 fully saturated rings. The molecule has 0 aliphatic carbocycles. The zero-order chi connectivity index (χ0) is 35.2. The molecule has 1 saturated heterocycles. The van der Waals surface area contributed by atoms with Crippen LogP contribution in [0, 0.1) is 0 Å². The molecule has 1 rings (SSSR count). The molecule has 0 spiro atoms. The molecule has 0 aromatic carbocycles. The number of rotatable bonds is 32. The predicted octanol–water partition coefficient (Wildman–Crippen LogP) is 7.00. The number of hydrogen-bond acceptors (Lipinski definition) is 8. The number of hydrogen-bond donors (Lipinski definition) is 6. The van der Waals surface area contributed by atoms with Gasteiger partial charge in [-0.3, -0.25) is 4.79 Å². The quantitative estimate of drug-likeness (QED) is 0.0328. The maximum Gasteiger partial charge on any atom is 0.220 e. The zero-order valence-electron chi connectivity index (χ0n) is 30.7. The van der Waals surface area contributed by atoms with Gasteiger partial charge in [0.05, 0.1) is 25.4 Å². The van der Waals surface area contributed by atoms with E-state index in [2.05, 4.69) is 31.3 Å². The van der Waals surface area contributed by atoms with Crippen molar-refractivity contribution >= 4 is 5.91 Å². The molecular formula is C39H75NO8. The average Bonchev–Trinajstić information content (AvgIpc) is 3.08. The lowest BCUT2D eigenvalue weighted by Gasteiger charge is -2.40. The number of allylic oxidation sites excluding steroid dienone is 2. The first-order chi connectivity index (χ1) is 23.3. The van der Waals surface area contributed by atoms with Crippen molar-refractivity contribution in [1.82, 2.24) is 5.32 Å². The topological polar surface area (TPSA) is 149 Å². The van der Waals surface area contributed by atoms with E-state index in [0.29, 0.717) is 12.8 Å². The van der Waals surface area contributed by atoms with Gasteiger partial charge in [-0.2, -0.15) is 0 Å². The van der Waals surface area contributed by atoms with E-state index in [-0.39, 0.29) is 12.5 Å². The van der Waals surface area contributed by atoms with Gasteiger partial charge in [-0.1, -0.05) is 148 Å². The third-order valence-electron chi connectivity index (χ3n) is 9.60. The number of ether oxygens (including phenoxy) is 2. The Labute approximate surface area is 293 Å². The summed E-state index contributed by atoms with van der Waals surface area (Å²) >= 11 is 0. The van der Waals surface area contributed by atoms with E-state index >= 15 is 0 Å². The minimum atomic E-state index is -1.55. The third-order valence-corrected chi connectivity index (χ3v) is 9.60. The first-order valence-corrected chi connectivity index (χ1v) is 19.9. The fourth-order valence-electron chi connectivity index (χ4n) is 6.34. The largest absolute Gasteiger partial charge is 0.394 e. The monoisotopic (exact) mass is 686 g/mol. The number of unbranched alkanes of at least 4 members (excludes halogenated alkanes) is 20. The van der Waals surface area contributed by atoms with Gasteiger partial charge in [-0.25, -0.2) is 0 Å². The molecule has 7 unspecified atom stereocenters. The number of amides is 1. The van der Waals surface area contributed by atoms with Crippen LogP contribution in [0.15, 0.2) is 12.2 Å². The fourth-order valence-corrected chi connectivity index (χ4v) is 6.34. The fraction of sp³-hybridized carbons (Fsp3) is 0.923. The summed E-state index contributed by atoms with van der Waals surface area (Å²) in [4.78, 5) is 12.8. The average molecular weight is 686 g/mol. The van der Waals surface area contributed by atoms with E-state index in [1.165, 1.54) is 83.5 Å². The van der Waals surface area contributed by atoms with Crippen LogP contribution in [0.5, 0.6) is 0 Å². The van der Waals surface area contributed by atoms with E-state index in [1.807, 2.05) is 0 Å². The Morgan fingerprint density at radius 2 is 1.21 bits per heavy atom. The van der Waals surface area contributed by atoms with Gasteiger partial charge in [-0.15, -0.1) is 0 Å². The molecule has 1 amide bonds. The van der Waals surface area contributed by atoms with Gasteiger partial charge in [0.1, 0.15) is 24.4 Å². The van der Waals surface area contributed by atoms with Crippen molar-refractivity contribution in [3.63, 3.8) is 0 Å². The lowest BCUT2D eigenvalue weighted by molar-refractivity contribution is -0.302. The Morgan fingerprint density at radius 3 is 1.77 bits per heavy atom. The molecule has 1 aliphatic rings. The Balaban J connectivity index is 2.40. The molecule has 284 valence electrons. The van der Waals surface area contributed by atoms with Crippen LogP contribution in [0.25, 0.3) is 0 Å². The summed E-state index contributed by atoms with van der Waals surface area (Å²) in [6, 6.07) is -0.716. The van der Waals surface area contributed by atoms with E-state index in [1.54, 1.807) is 0 Å². The number of carbonyl (C=O) groups is 1. The van der Waals surface area contributed by atoms with E-state index in [0.717, 1.165) is 64.2 Å². The van der Waals surface area contributed by atoms with E-state index in [4.69, 9.17) is 9.47 Å². The summed E-state index contributed by atoms with van der Waals surface area (Å²) in [6.45, 7) is 3.75. The molecule has 1 heterocycles.